The highest BCUT2D eigenvalue weighted by atomic mass is 35.5. The first kappa shape index (κ1) is 19.8. The number of sulfonamides is 1. The molecule has 1 aromatic rings. The molecule has 0 aliphatic carbocycles. The Morgan fingerprint density at radius 1 is 1.30 bits per heavy atom. The average molecular weight is 361 g/mol. The van der Waals surface area contributed by atoms with E-state index in [9.17, 15) is 13.2 Å². The van der Waals surface area contributed by atoms with Crippen LogP contribution in [-0.2, 0) is 14.8 Å². The van der Waals surface area contributed by atoms with Crippen LogP contribution in [0.15, 0.2) is 24.3 Å². The second-order valence-electron chi connectivity index (χ2n) is 6.02. The fraction of sp³-hybridized carbons (Fsp3) is 0.562. The molecule has 0 fully saturated rings. The normalized spacial score (nSPS) is 13.0. The molecule has 1 rings (SSSR count). The van der Waals surface area contributed by atoms with Crippen molar-refractivity contribution in [2.75, 3.05) is 17.1 Å². The third-order valence-corrected chi connectivity index (χ3v) is 5.08. The zero-order chi connectivity index (χ0) is 17.6. The van der Waals surface area contributed by atoms with Crippen molar-refractivity contribution in [1.82, 2.24) is 5.32 Å². The number of carbonyl (C=O) groups excluding carboxylic acids is 1. The van der Waals surface area contributed by atoms with Crippen LogP contribution in [0, 0.1) is 5.92 Å². The summed E-state index contributed by atoms with van der Waals surface area (Å²) in [6, 6.07) is 6.78. The summed E-state index contributed by atoms with van der Waals surface area (Å²) in [4.78, 5) is 11.9. The molecule has 0 bridgehead atoms. The fourth-order valence-electron chi connectivity index (χ4n) is 1.99. The van der Waals surface area contributed by atoms with Crippen molar-refractivity contribution in [3.05, 3.63) is 29.3 Å². The summed E-state index contributed by atoms with van der Waals surface area (Å²) in [7, 11) is -3.43. The third kappa shape index (κ3) is 6.79. The molecular formula is C16H25ClN2O3S. The molecule has 0 aliphatic heterocycles. The van der Waals surface area contributed by atoms with Gasteiger partial charge in [-0.2, -0.15) is 0 Å². The van der Waals surface area contributed by atoms with Crippen molar-refractivity contribution in [2.24, 2.45) is 5.92 Å². The smallest absolute Gasteiger partial charge is 0.232 e. The van der Waals surface area contributed by atoms with E-state index in [1.54, 1.807) is 24.3 Å². The van der Waals surface area contributed by atoms with Gasteiger partial charge in [0.15, 0.2) is 0 Å². The van der Waals surface area contributed by atoms with Crippen LogP contribution in [0.1, 0.15) is 33.6 Å². The first-order valence-electron chi connectivity index (χ1n) is 7.64. The molecule has 0 unspecified atom stereocenters. The standard InChI is InChI=1S/C16H25ClN2O3S/c1-12(2)13(3)18-16(20)9-6-10-19(23(4,21)22)15-8-5-7-14(17)11-15/h5,7-8,11-13H,6,9-10H2,1-4H3,(H,18,20)/t13-/m1/s1. The van der Waals surface area contributed by atoms with Crippen LogP contribution >= 0.6 is 11.6 Å². The van der Waals surface area contributed by atoms with Crippen molar-refractivity contribution in [3.8, 4) is 0 Å². The molecule has 0 saturated heterocycles. The van der Waals surface area contributed by atoms with Crippen molar-refractivity contribution in [3.63, 3.8) is 0 Å². The Hall–Kier alpha value is -1.27. The van der Waals surface area contributed by atoms with Gasteiger partial charge in [-0.05, 0) is 37.5 Å². The monoisotopic (exact) mass is 360 g/mol. The Kier molecular flexibility index (Phi) is 7.35. The topological polar surface area (TPSA) is 66.5 Å². The van der Waals surface area contributed by atoms with E-state index >= 15 is 0 Å². The summed E-state index contributed by atoms with van der Waals surface area (Å²) in [5.41, 5.74) is 0.510. The zero-order valence-corrected chi connectivity index (χ0v) is 15.6. The summed E-state index contributed by atoms with van der Waals surface area (Å²) >= 11 is 5.92. The number of carbonyl (C=O) groups is 1. The lowest BCUT2D eigenvalue weighted by molar-refractivity contribution is -0.122. The molecule has 130 valence electrons. The first-order valence-corrected chi connectivity index (χ1v) is 9.86. The van der Waals surface area contributed by atoms with Gasteiger partial charge >= 0.3 is 0 Å². The number of benzene rings is 1. The predicted molar refractivity (Wildman–Crippen MR) is 95.3 cm³/mol. The minimum atomic E-state index is -3.43. The highest BCUT2D eigenvalue weighted by molar-refractivity contribution is 7.92. The second kappa shape index (κ2) is 8.55. The van der Waals surface area contributed by atoms with E-state index in [-0.39, 0.29) is 24.9 Å². The minimum absolute atomic E-state index is 0.0641. The molecule has 1 aromatic carbocycles. The SMILES string of the molecule is CC(C)[C@@H](C)NC(=O)CCCN(c1cccc(Cl)c1)S(C)(=O)=O. The number of amides is 1. The second-order valence-corrected chi connectivity index (χ2v) is 8.36. The zero-order valence-electron chi connectivity index (χ0n) is 14.0. The van der Waals surface area contributed by atoms with Gasteiger partial charge in [-0.15, -0.1) is 0 Å². The summed E-state index contributed by atoms with van der Waals surface area (Å²) in [6.07, 6.45) is 1.87. The fourth-order valence-corrected chi connectivity index (χ4v) is 3.14. The Morgan fingerprint density at radius 2 is 1.96 bits per heavy atom. The quantitative estimate of drug-likeness (QED) is 0.774. The molecule has 0 spiro atoms. The molecule has 1 amide bonds. The molecule has 0 radical (unpaired) electrons. The molecule has 0 aromatic heterocycles. The highest BCUT2D eigenvalue weighted by Gasteiger charge is 2.18. The van der Waals surface area contributed by atoms with Gasteiger partial charge in [-0.25, -0.2) is 8.42 Å². The van der Waals surface area contributed by atoms with E-state index in [1.165, 1.54) is 4.31 Å². The summed E-state index contributed by atoms with van der Waals surface area (Å²) in [6.45, 7) is 6.27. The molecular weight excluding hydrogens is 336 g/mol. The van der Waals surface area contributed by atoms with Gasteiger partial charge in [0.2, 0.25) is 15.9 Å². The number of halogens is 1. The molecule has 5 nitrogen and oxygen atoms in total. The van der Waals surface area contributed by atoms with Crippen LogP contribution in [0.4, 0.5) is 5.69 Å². The molecule has 1 N–H and O–H groups in total. The van der Waals surface area contributed by atoms with Gasteiger partial charge in [0.05, 0.1) is 11.9 Å². The summed E-state index contributed by atoms with van der Waals surface area (Å²) < 4.78 is 25.2. The number of hydrogen-bond acceptors (Lipinski definition) is 3. The van der Waals surface area contributed by atoms with Gasteiger partial charge in [0, 0.05) is 24.0 Å². The Balaban J connectivity index is 2.66. The van der Waals surface area contributed by atoms with Crippen LogP contribution in [0.3, 0.4) is 0 Å². The minimum Gasteiger partial charge on any atom is -0.353 e. The lowest BCUT2D eigenvalue weighted by atomic mass is 10.1. The van der Waals surface area contributed by atoms with Crippen molar-refractivity contribution < 1.29 is 13.2 Å². The maximum Gasteiger partial charge on any atom is 0.232 e. The third-order valence-electron chi connectivity index (χ3n) is 3.65. The summed E-state index contributed by atoms with van der Waals surface area (Å²) in [5.74, 6) is 0.295. The van der Waals surface area contributed by atoms with E-state index in [2.05, 4.69) is 5.32 Å². The van der Waals surface area contributed by atoms with Crippen LogP contribution in [0.5, 0.6) is 0 Å². The van der Waals surface area contributed by atoms with E-state index in [0.717, 1.165) is 6.26 Å². The number of hydrogen-bond donors (Lipinski definition) is 1. The molecule has 1 atom stereocenters. The van der Waals surface area contributed by atoms with Crippen LogP contribution in [-0.4, -0.2) is 33.2 Å². The van der Waals surface area contributed by atoms with E-state index in [0.29, 0.717) is 23.0 Å². The Morgan fingerprint density at radius 3 is 2.48 bits per heavy atom. The van der Waals surface area contributed by atoms with Crippen LogP contribution < -0.4 is 9.62 Å². The Labute approximate surface area is 144 Å². The van der Waals surface area contributed by atoms with E-state index in [1.807, 2.05) is 20.8 Å². The van der Waals surface area contributed by atoms with Gasteiger partial charge in [0.25, 0.3) is 0 Å². The van der Waals surface area contributed by atoms with Crippen molar-refractivity contribution >= 4 is 33.2 Å². The van der Waals surface area contributed by atoms with Gasteiger partial charge in [0.1, 0.15) is 0 Å². The van der Waals surface area contributed by atoms with E-state index < -0.39 is 10.0 Å². The predicted octanol–water partition coefficient (Wildman–Crippen LogP) is 3.05. The summed E-state index contributed by atoms with van der Waals surface area (Å²) in [5, 5.41) is 3.38. The number of rotatable bonds is 8. The Bertz CT molecular complexity index is 632. The number of nitrogens with one attached hydrogen (secondary N) is 1. The van der Waals surface area contributed by atoms with Crippen LogP contribution in [0.2, 0.25) is 5.02 Å². The highest BCUT2D eigenvalue weighted by Crippen LogP contribution is 2.22. The molecule has 0 heterocycles. The number of anilines is 1. The van der Waals surface area contributed by atoms with Gasteiger partial charge < -0.3 is 5.32 Å². The number of nitrogens with zero attached hydrogens (tertiary/aromatic N) is 1. The van der Waals surface area contributed by atoms with Crippen molar-refractivity contribution in [1.29, 1.82) is 0 Å². The molecule has 7 heteroatoms. The van der Waals surface area contributed by atoms with Gasteiger partial charge in [-0.1, -0.05) is 31.5 Å². The van der Waals surface area contributed by atoms with E-state index in [4.69, 9.17) is 11.6 Å². The molecule has 23 heavy (non-hydrogen) atoms. The maximum absolute atomic E-state index is 12.0. The maximum atomic E-state index is 12.0. The van der Waals surface area contributed by atoms with Gasteiger partial charge in [-0.3, -0.25) is 9.10 Å². The largest absolute Gasteiger partial charge is 0.353 e. The molecule has 0 aliphatic rings. The molecule has 0 saturated carbocycles. The first-order chi connectivity index (χ1) is 10.6. The van der Waals surface area contributed by atoms with Crippen LogP contribution in [0.25, 0.3) is 0 Å². The lowest BCUT2D eigenvalue weighted by Gasteiger charge is -2.23. The average Bonchev–Trinajstić information content (AvgIpc) is 2.41. The van der Waals surface area contributed by atoms with Crippen molar-refractivity contribution in [2.45, 2.75) is 39.7 Å². The lowest BCUT2D eigenvalue weighted by Crippen LogP contribution is -2.37.